The minimum absolute atomic E-state index is 0.0678. The highest BCUT2D eigenvalue weighted by Gasteiger charge is 2.26. The second kappa shape index (κ2) is 4.13. The molecule has 1 fully saturated rings. The Hall–Kier alpha value is -1.56. The minimum Gasteiger partial charge on any atom is -0.476 e. The summed E-state index contributed by atoms with van der Waals surface area (Å²) in [4.78, 5) is 16.5. The highest BCUT2D eigenvalue weighted by atomic mass is 16.5. The molecule has 1 N–H and O–H groups in total. The average Bonchev–Trinajstić information content (AvgIpc) is 2.64. The van der Waals surface area contributed by atoms with Crippen molar-refractivity contribution in [2.24, 2.45) is 0 Å². The molecule has 0 aliphatic carbocycles. The monoisotopic (exact) mass is 226 g/mol. The maximum absolute atomic E-state index is 10.7. The van der Waals surface area contributed by atoms with Crippen LogP contribution in [0.2, 0.25) is 0 Å². The standard InChI is InChI=1S/C10H14N2O4/c1-6-3-12(4-7(2)16-6)10-11-8(5-15-10)9(13)14/h5-7H,3-4H2,1-2H3,(H,13,14). The molecular formula is C10H14N2O4. The summed E-state index contributed by atoms with van der Waals surface area (Å²) < 4.78 is 10.7. The van der Waals surface area contributed by atoms with Crippen LogP contribution in [-0.2, 0) is 4.74 Å². The summed E-state index contributed by atoms with van der Waals surface area (Å²) in [7, 11) is 0. The molecule has 2 atom stereocenters. The molecule has 2 unspecified atom stereocenters. The van der Waals surface area contributed by atoms with Crippen LogP contribution >= 0.6 is 0 Å². The Morgan fingerprint density at radius 3 is 2.62 bits per heavy atom. The quantitative estimate of drug-likeness (QED) is 0.810. The molecule has 0 amide bonds. The second-order valence-corrected chi connectivity index (χ2v) is 3.98. The van der Waals surface area contributed by atoms with Crippen molar-refractivity contribution in [3.05, 3.63) is 12.0 Å². The third kappa shape index (κ3) is 2.16. The van der Waals surface area contributed by atoms with E-state index in [2.05, 4.69) is 4.98 Å². The fraction of sp³-hybridized carbons (Fsp3) is 0.600. The van der Waals surface area contributed by atoms with Crippen molar-refractivity contribution in [2.45, 2.75) is 26.1 Å². The van der Waals surface area contributed by atoms with Gasteiger partial charge in [-0.2, -0.15) is 4.98 Å². The average molecular weight is 226 g/mol. The molecule has 0 saturated carbocycles. The number of aromatic nitrogens is 1. The number of oxazole rings is 1. The van der Waals surface area contributed by atoms with Gasteiger partial charge in [-0.15, -0.1) is 0 Å². The molecule has 2 rings (SSSR count). The van der Waals surface area contributed by atoms with Crippen LogP contribution in [0.1, 0.15) is 24.3 Å². The van der Waals surface area contributed by atoms with Crippen LogP contribution in [0.3, 0.4) is 0 Å². The third-order valence-corrected chi connectivity index (χ3v) is 2.40. The number of morpholine rings is 1. The Morgan fingerprint density at radius 1 is 1.50 bits per heavy atom. The van der Waals surface area contributed by atoms with E-state index in [0.29, 0.717) is 19.1 Å². The summed E-state index contributed by atoms with van der Waals surface area (Å²) >= 11 is 0. The van der Waals surface area contributed by atoms with E-state index >= 15 is 0 Å². The molecule has 6 nitrogen and oxygen atoms in total. The van der Waals surface area contributed by atoms with E-state index in [1.54, 1.807) is 0 Å². The predicted octanol–water partition coefficient (Wildman–Crippen LogP) is 0.986. The Labute approximate surface area is 92.8 Å². The van der Waals surface area contributed by atoms with Gasteiger partial charge in [0.05, 0.1) is 12.2 Å². The molecule has 1 aromatic rings. The lowest BCUT2D eigenvalue weighted by Gasteiger charge is -2.34. The first-order valence-corrected chi connectivity index (χ1v) is 5.15. The topological polar surface area (TPSA) is 75.8 Å². The number of carbonyl (C=O) groups is 1. The molecule has 1 saturated heterocycles. The van der Waals surface area contributed by atoms with Gasteiger partial charge in [-0.1, -0.05) is 0 Å². The first kappa shape index (κ1) is 10.9. The maximum atomic E-state index is 10.7. The van der Waals surface area contributed by atoms with Crippen LogP contribution in [0, 0.1) is 0 Å². The number of carboxylic acid groups (broad SMARTS) is 1. The zero-order chi connectivity index (χ0) is 11.7. The molecule has 16 heavy (non-hydrogen) atoms. The lowest BCUT2D eigenvalue weighted by Crippen LogP contribution is -2.45. The van der Waals surface area contributed by atoms with Gasteiger partial charge in [0, 0.05) is 13.1 Å². The summed E-state index contributed by atoms with van der Waals surface area (Å²) in [6, 6.07) is 0.347. The second-order valence-electron chi connectivity index (χ2n) is 3.98. The molecule has 0 radical (unpaired) electrons. The van der Waals surface area contributed by atoms with E-state index < -0.39 is 5.97 Å². The van der Waals surface area contributed by atoms with Crippen molar-refractivity contribution in [2.75, 3.05) is 18.0 Å². The molecular weight excluding hydrogens is 212 g/mol. The van der Waals surface area contributed by atoms with Crippen LogP contribution in [0.4, 0.5) is 6.01 Å². The zero-order valence-corrected chi connectivity index (χ0v) is 9.21. The minimum atomic E-state index is -1.08. The third-order valence-electron chi connectivity index (χ3n) is 2.40. The van der Waals surface area contributed by atoms with Crippen molar-refractivity contribution in [1.29, 1.82) is 0 Å². The van der Waals surface area contributed by atoms with Crippen LogP contribution in [0.5, 0.6) is 0 Å². The summed E-state index contributed by atoms with van der Waals surface area (Å²) in [5, 5.41) is 8.73. The Morgan fingerprint density at radius 2 is 2.12 bits per heavy atom. The summed E-state index contributed by atoms with van der Waals surface area (Å²) in [5.41, 5.74) is -0.0678. The van der Waals surface area contributed by atoms with Gasteiger partial charge in [0.25, 0.3) is 6.01 Å². The normalized spacial score (nSPS) is 25.8. The van der Waals surface area contributed by atoms with Crippen molar-refractivity contribution in [3.63, 3.8) is 0 Å². The molecule has 6 heteroatoms. The molecule has 0 spiro atoms. The van der Waals surface area contributed by atoms with E-state index in [-0.39, 0.29) is 17.9 Å². The molecule has 1 aliphatic rings. The van der Waals surface area contributed by atoms with Gasteiger partial charge in [0.1, 0.15) is 6.26 Å². The number of anilines is 1. The highest BCUT2D eigenvalue weighted by Crippen LogP contribution is 2.19. The number of ether oxygens (including phenoxy) is 1. The number of hydrogen-bond donors (Lipinski definition) is 1. The van der Waals surface area contributed by atoms with Gasteiger partial charge < -0.3 is 19.2 Å². The van der Waals surface area contributed by atoms with Gasteiger partial charge in [0.15, 0.2) is 5.69 Å². The van der Waals surface area contributed by atoms with E-state index in [4.69, 9.17) is 14.3 Å². The van der Waals surface area contributed by atoms with Crippen LogP contribution in [0.15, 0.2) is 10.7 Å². The van der Waals surface area contributed by atoms with Crippen LogP contribution in [0.25, 0.3) is 0 Å². The molecule has 88 valence electrons. The Bertz CT molecular complexity index is 380. The highest BCUT2D eigenvalue weighted by molar-refractivity contribution is 5.85. The fourth-order valence-electron chi connectivity index (χ4n) is 1.84. The molecule has 0 bridgehead atoms. The van der Waals surface area contributed by atoms with Crippen LogP contribution in [-0.4, -0.2) is 41.4 Å². The van der Waals surface area contributed by atoms with E-state index in [9.17, 15) is 4.79 Å². The first-order chi connectivity index (χ1) is 7.56. The van der Waals surface area contributed by atoms with Crippen LogP contribution < -0.4 is 4.90 Å². The number of carboxylic acids is 1. The largest absolute Gasteiger partial charge is 0.476 e. The summed E-state index contributed by atoms with van der Waals surface area (Å²) in [6.07, 6.45) is 1.33. The molecule has 1 aliphatic heterocycles. The van der Waals surface area contributed by atoms with Gasteiger partial charge in [-0.25, -0.2) is 4.79 Å². The zero-order valence-electron chi connectivity index (χ0n) is 9.21. The van der Waals surface area contributed by atoms with Gasteiger partial charge >= 0.3 is 5.97 Å². The number of aromatic carboxylic acids is 1. The summed E-state index contributed by atoms with van der Waals surface area (Å²) in [5.74, 6) is -1.08. The summed E-state index contributed by atoms with van der Waals surface area (Å²) in [6.45, 7) is 5.24. The van der Waals surface area contributed by atoms with Crippen molar-refractivity contribution in [3.8, 4) is 0 Å². The Balaban J connectivity index is 2.13. The number of hydrogen-bond acceptors (Lipinski definition) is 5. The smallest absolute Gasteiger partial charge is 0.357 e. The first-order valence-electron chi connectivity index (χ1n) is 5.15. The lowest BCUT2D eigenvalue weighted by atomic mass is 10.2. The van der Waals surface area contributed by atoms with E-state index in [1.165, 1.54) is 0 Å². The van der Waals surface area contributed by atoms with Crippen molar-refractivity contribution < 1.29 is 19.1 Å². The van der Waals surface area contributed by atoms with Gasteiger partial charge in [-0.3, -0.25) is 0 Å². The van der Waals surface area contributed by atoms with E-state index in [0.717, 1.165) is 6.26 Å². The molecule has 2 heterocycles. The molecule has 0 aromatic carbocycles. The van der Waals surface area contributed by atoms with Gasteiger partial charge in [-0.05, 0) is 13.8 Å². The van der Waals surface area contributed by atoms with Gasteiger partial charge in [0.2, 0.25) is 0 Å². The predicted molar refractivity (Wildman–Crippen MR) is 55.7 cm³/mol. The fourth-order valence-corrected chi connectivity index (χ4v) is 1.84. The Kier molecular flexibility index (Phi) is 2.82. The van der Waals surface area contributed by atoms with E-state index in [1.807, 2.05) is 18.7 Å². The van der Waals surface area contributed by atoms with Crippen molar-refractivity contribution >= 4 is 12.0 Å². The van der Waals surface area contributed by atoms with Crippen molar-refractivity contribution in [1.82, 2.24) is 4.98 Å². The SMILES string of the molecule is CC1CN(c2nc(C(=O)O)co2)CC(C)O1. The molecule has 1 aromatic heterocycles. The maximum Gasteiger partial charge on any atom is 0.357 e. The lowest BCUT2D eigenvalue weighted by molar-refractivity contribution is -0.00670. The number of nitrogens with zero attached hydrogens (tertiary/aromatic N) is 2. The number of rotatable bonds is 2.